The number of nitrogens with one attached hydrogen (secondary N) is 1. The molecule has 0 aliphatic heterocycles. The lowest BCUT2D eigenvalue weighted by molar-refractivity contribution is 0.702. The van der Waals surface area contributed by atoms with Gasteiger partial charge in [0.1, 0.15) is 0 Å². The predicted octanol–water partition coefficient (Wildman–Crippen LogP) is 9.47. The first-order valence-corrected chi connectivity index (χ1v) is 12.6. The van der Waals surface area contributed by atoms with Crippen molar-refractivity contribution in [3.05, 3.63) is 71.7 Å². The predicted molar refractivity (Wildman–Crippen MR) is 144 cm³/mol. The number of nitrogens with zero attached hydrogens (tertiary/aromatic N) is 1. The topological polar surface area (TPSA) is 24.9 Å². The maximum absolute atomic E-state index is 4.67. The molecule has 0 amide bonds. The molecule has 0 bridgehead atoms. The van der Waals surface area contributed by atoms with E-state index in [0.29, 0.717) is 5.92 Å². The van der Waals surface area contributed by atoms with Gasteiger partial charge in [0.15, 0.2) is 5.13 Å². The van der Waals surface area contributed by atoms with Crippen LogP contribution in [0.5, 0.6) is 0 Å². The lowest BCUT2D eigenvalue weighted by Gasteiger charge is -2.04. The monoisotopic (exact) mass is 440 g/mol. The molecule has 2 aromatic rings. The number of aryl methyl sites for hydroxylation is 1. The maximum Gasteiger partial charge on any atom is 0.183 e. The van der Waals surface area contributed by atoms with Gasteiger partial charge in [-0.05, 0) is 25.3 Å². The van der Waals surface area contributed by atoms with Crippen LogP contribution in [0.3, 0.4) is 0 Å². The molecule has 1 aromatic heterocycles. The second kappa shape index (κ2) is 18.6. The van der Waals surface area contributed by atoms with Gasteiger partial charge in [-0.1, -0.05) is 114 Å². The molecule has 1 atom stereocenters. The van der Waals surface area contributed by atoms with Gasteiger partial charge >= 0.3 is 0 Å². The van der Waals surface area contributed by atoms with Gasteiger partial charge in [-0.2, -0.15) is 0 Å². The van der Waals surface area contributed by atoms with Crippen LogP contribution in [-0.4, -0.2) is 11.5 Å². The van der Waals surface area contributed by atoms with Crippen molar-refractivity contribution in [1.29, 1.82) is 0 Å². The van der Waals surface area contributed by atoms with Crippen LogP contribution >= 0.6 is 11.3 Å². The summed E-state index contributed by atoms with van der Waals surface area (Å²) in [7, 11) is 0. The molecule has 1 N–H and O–H groups in total. The molecule has 0 aliphatic carbocycles. The number of allylic oxidation sites excluding steroid dienone is 3. The Kier molecular flexibility index (Phi) is 17.3. The minimum atomic E-state index is 0.387. The zero-order valence-corrected chi connectivity index (χ0v) is 21.7. The smallest absolute Gasteiger partial charge is 0.183 e. The van der Waals surface area contributed by atoms with E-state index in [4.69, 9.17) is 0 Å². The van der Waals surface area contributed by atoms with E-state index in [1.54, 1.807) is 11.3 Å². The molecule has 0 aliphatic rings. The molecular formula is C28H44N2S. The fraction of sp³-hybridized carbons (Fsp3) is 0.464. The summed E-state index contributed by atoms with van der Waals surface area (Å²) >= 11 is 1.64. The zero-order valence-electron chi connectivity index (χ0n) is 20.9. The normalized spacial score (nSPS) is 11.8. The fourth-order valence-corrected chi connectivity index (χ4v) is 3.22. The van der Waals surface area contributed by atoms with Crippen molar-refractivity contribution in [2.24, 2.45) is 5.92 Å². The quantitative estimate of drug-likeness (QED) is 0.226. The van der Waals surface area contributed by atoms with E-state index in [0.717, 1.165) is 22.9 Å². The zero-order chi connectivity index (χ0) is 23.5. The highest BCUT2D eigenvalue weighted by Gasteiger charge is 2.04. The molecule has 2 rings (SSSR count). The Labute approximate surface area is 196 Å². The van der Waals surface area contributed by atoms with Crippen LogP contribution in [0.25, 0.3) is 11.3 Å². The standard InChI is InChI=1S/C20H24N2S.C6H14.C2H6/c1-5-15(3)7-10-17(6-2)13-21-20-22-19(14-23-20)18-11-8-16(4)9-12-18;1-3-5-6-4-2;1-2/h5-12,14-15H,1,13H2,2-4H3,(H,21,22);3-6H2,1-2H3;1-2H3/b10-7-,17-6+;;. The van der Waals surface area contributed by atoms with Crippen LogP contribution < -0.4 is 5.32 Å². The number of hydrogen-bond donors (Lipinski definition) is 1. The van der Waals surface area contributed by atoms with E-state index >= 15 is 0 Å². The molecule has 2 nitrogen and oxygen atoms in total. The number of anilines is 1. The number of rotatable bonds is 10. The first-order chi connectivity index (χ1) is 15.0. The van der Waals surface area contributed by atoms with Crippen molar-refractivity contribution < 1.29 is 0 Å². The number of aromatic nitrogens is 1. The molecule has 0 fully saturated rings. The van der Waals surface area contributed by atoms with E-state index in [9.17, 15) is 0 Å². The molecule has 0 saturated heterocycles. The highest BCUT2D eigenvalue weighted by atomic mass is 32.1. The Morgan fingerprint density at radius 1 is 1.13 bits per heavy atom. The van der Waals surface area contributed by atoms with Crippen LogP contribution in [0, 0.1) is 12.8 Å². The van der Waals surface area contributed by atoms with Crippen LogP contribution in [0.2, 0.25) is 0 Å². The molecule has 1 aromatic carbocycles. The van der Waals surface area contributed by atoms with Crippen LogP contribution in [0.1, 0.15) is 72.8 Å². The lowest BCUT2D eigenvalue weighted by Crippen LogP contribution is -2.03. The first-order valence-electron chi connectivity index (χ1n) is 11.8. The third-order valence-corrected chi connectivity index (χ3v) is 5.41. The van der Waals surface area contributed by atoms with Crippen molar-refractivity contribution in [2.75, 3.05) is 11.9 Å². The largest absolute Gasteiger partial charge is 0.357 e. The Hall–Kier alpha value is -2.13. The summed E-state index contributed by atoms with van der Waals surface area (Å²) in [6.07, 6.45) is 13.9. The molecule has 0 saturated carbocycles. The van der Waals surface area contributed by atoms with E-state index in [2.05, 4.69) is 99.4 Å². The van der Waals surface area contributed by atoms with Crippen molar-refractivity contribution in [2.45, 2.75) is 74.1 Å². The van der Waals surface area contributed by atoms with Gasteiger partial charge < -0.3 is 5.32 Å². The van der Waals surface area contributed by atoms with E-state index < -0.39 is 0 Å². The number of unbranched alkanes of at least 4 members (excludes halogenated alkanes) is 3. The van der Waals surface area contributed by atoms with Crippen LogP contribution in [0.4, 0.5) is 5.13 Å². The third kappa shape index (κ3) is 13.0. The molecule has 1 heterocycles. The Balaban J connectivity index is 0.000000970. The first kappa shape index (κ1) is 28.9. The lowest BCUT2D eigenvalue weighted by atomic mass is 10.1. The molecule has 1 unspecified atom stereocenters. The van der Waals surface area contributed by atoms with Gasteiger partial charge in [-0.15, -0.1) is 17.9 Å². The highest BCUT2D eigenvalue weighted by molar-refractivity contribution is 7.14. The molecular weight excluding hydrogens is 396 g/mol. The Bertz CT molecular complexity index is 750. The van der Waals surface area contributed by atoms with Gasteiger partial charge in [0.05, 0.1) is 5.69 Å². The molecule has 0 spiro atoms. The van der Waals surface area contributed by atoms with E-state index in [-0.39, 0.29) is 0 Å². The second-order valence-corrected chi connectivity index (χ2v) is 8.14. The average Bonchev–Trinajstić information content (AvgIpc) is 3.28. The number of benzene rings is 1. The maximum atomic E-state index is 4.67. The molecule has 0 radical (unpaired) electrons. The fourth-order valence-electron chi connectivity index (χ4n) is 2.50. The molecule has 31 heavy (non-hydrogen) atoms. The van der Waals surface area contributed by atoms with Crippen LogP contribution in [0.15, 0.2) is 66.1 Å². The summed E-state index contributed by atoms with van der Waals surface area (Å²) in [5.41, 5.74) is 4.69. The Morgan fingerprint density at radius 3 is 2.26 bits per heavy atom. The van der Waals surface area contributed by atoms with Gasteiger partial charge in [-0.25, -0.2) is 4.98 Å². The summed E-state index contributed by atoms with van der Waals surface area (Å²) in [4.78, 5) is 4.67. The number of thiazole rings is 1. The van der Waals surface area contributed by atoms with Crippen LogP contribution in [-0.2, 0) is 0 Å². The summed E-state index contributed by atoms with van der Waals surface area (Å²) in [6.45, 7) is 19.3. The van der Waals surface area contributed by atoms with Crippen molar-refractivity contribution in [1.82, 2.24) is 4.98 Å². The van der Waals surface area contributed by atoms with Crippen molar-refractivity contribution in [3.8, 4) is 11.3 Å². The highest BCUT2D eigenvalue weighted by Crippen LogP contribution is 2.25. The van der Waals surface area contributed by atoms with E-state index in [1.807, 2.05) is 19.9 Å². The average molecular weight is 441 g/mol. The van der Waals surface area contributed by atoms with Gasteiger partial charge in [0, 0.05) is 17.5 Å². The summed E-state index contributed by atoms with van der Waals surface area (Å²) < 4.78 is 0. The van der Waals surface area contributed by atoms with Gasteiger partial charge in [0.2, 0.25) is 0 Å². The van der Waals surface area contributed by atoms with E-state index in [1.165, 1.54) is 36.8 Å². The number of hydrogen-bond acceptors (Lipinski definition) is 3. The molecule has 172 valence electrons. The van der Waals surface area contributed by atoms with Crippen molar-refractivity contribution in [3.63, 3.8) is 0 Å². The summed E-state index contributed by atoms with van der Waals surface area (Å²) in [5, 5.41) is 6.45. The summed E-state index contributed by atoms with van der Waals surface area (Å²) in [6, 6.07) is 8.46. The SMILES string of the molecule is C=CC(C)/C=C\C(=C/C)CNc1nc(-c2ccc(C)cc2)cs1.CC.CCCCCC. The molecule has 3 heteroatoms. The minimum absolute atomic E-state index is 0.387. The van der Waals surface area contributed by atoms with Gasteiger partial charge in [0.25, 0.3) is 0 Å². The van der Waals surface area contributed by atoms with Gasteiger partial charge in [-0.3, -0.25) is 0 Å². The summed E-state index contributed by atoms with van der Waals surface area (Å²) in [5.74, 6) is 0.387. The minimum Gasteiger partial charge on any atom is -0.357 e. The third-order valence-electron chi connectivity index (χ3n) is 4.61. The second-order valence-electron chi connectivity index (χ2n) is 7.28. The van der Waals surface area contributed by atoms with Crippen molar-refractivity contribution >= 4 is 16.5 Å². The Morgan fingerprint density at radius 2 is 1.74 bits per heavy atom.